The number of carbonyl (C=O) groups excluding carboxylic acids is 1. The van der Waals surface area contributed by atoms with Crippen molar-refractivity contribution in [3.8, 4) is 5.75 Å². The van der Waals surface area contributed by atoms with E-state index in [1.54, 1.807) is 36.5 Å². The molecule has 120 valence electrons. The van der Waals surface area contributed by atoms with E-state index in [1.807, 2.05) is 26.0 Å². The number of hydrogen-bond acceptors (Lipinski definition) is 3. The summed E-state index contributed by atoms with van der Waals surface area (Å²) in [4.78, 5) is 12.1. The van der Waals surface area contributed by atoms with Crippen molar-refractivity contribution in [2.24, 2.45) is 0 Å². The van der Waals surface area contributed by atoms with Gasteiger partial charge in [-0.15, -0.1) is 0 Å². The second-order valence-corrected chi connectivity index (χ2v) is 6.48. The van der Waals surface area contributed by atoms with Gasteiger partial charge in [0.2, 0.25) is 0 Å². The van der Waals surface area contributed by atoms with E-state index in [0.29, 0.717) is 10.6 Å². The molecule has 0 aliphatic carbocycles. The van der Waals surface area contributed by atoms with Crippen LogP contribution < -0.4 is 10.1 Å². The Morgan fingerprint density at radius 1 is 1.22 bits per heavy atom. The van der Waals surface area contributed by atoms with Gasteiger partial charge in [-0.25, -0.2) is 0 Å². The number of hydrogen-bond donors (Lipinski definition) is 1. The number of halogens is 2. The quantitative estimate of drug-likeness (QED) is 0.504. The third-order valence-electron chi connectivity index (χ3n) is 2.92. The van der Waals surface area contributed by atoms with Gasteiger partial charge in [-0.05, 0) is 56.3 Å². The average molecular weight is 395 g/mol. The summed E-state index contributed by atoms with van der Waals surface area (Å²) in [6, 6.07) is 12.6. The summed E-state index contributed by atoms with van der Waals surface area (Å²) in [5.41, 5.74) is 1.33. The number of nitrogens with one attached hydrogen (secondary N) is 1. The van der Waals surface area contributed by atoms with Crippen molar-refractivity contribution in [2.75, 3.05) is 5.32 Å². The van der Waals surface area contributed by atoms with Gasteiger partial charge in [0.25, 0.3) is 0 Å². The molecule has 0 heterocycles. The van der Waals surface area contributed by atoms with Crippen molar-refractivity contribution in [1.82, 2.24) is 0 Å². The molecule has 23 heavy (non-hydrogen) atoms. The molecular weight excluding hydrogens is 378 g/mol. The Kier molecular flexibility index (Phi) is 6.25. The fourth-order valence-corrected chi connectivity index (χ4v) is 2.61. The third-order valence-corrected chi connectivity index (χ3v) is 3.72. The lowest BCUT2D eigenvalue weighted by molar-refractivity contribution is 0.104. The zero-order valence-electron chi connectivity index (χ0n) is 12.8. The molecule has 0 unspecified atom stereocenters. The molecule has 0 aliphatic rings. The lowest BCUT2D eigenvalue weighted by Crippen LogP contribution is -2.05. The molecule has 1 N–H and O–H groups in total. The normalized spacial score (nSPS) is 11.0. The van der Waals surface area contributed by atoms with Crippen LogP contribution in [0.2, 0.25) is 5.02 Å². The van der Waals surface area contributed by atoms with Crippen LogP contribution in [0.5, 0.6) is 5.75 Å². The number of rotatable bonds is 6. The van der Waals surface area contributed by atoms with Gasteiger partial charge in [0.1, 0.15) is 5.75 Å². The first kappa shape index (κ1) is 17.6. The Morgan fingerprint density at radius 3 is 2.52 bits per heavy atom. The summed E-state index contributed by atoms with van der Waals surface area (Å²) in [5, 5.41) is 3.58. The molecule has 2 aromatic carbocycles. The molecule has 0 atom stereocenters. The Labute approximate surface area is 149 Å². The van der Waals surface area contributed by atoms with Gasteiger partial charge < -0.3 is 10.1 Å². The first-order valence-corrected chi connectivity index (χ1v) is 8.32. The molecule has 0 aromatic heterocycles. The zero-order chi connectivity index (χ0) is 16.8. The van der Waals surface area contributed by atoms with E-state index in [9.17, 15) is 4.79 Å². The Bertz CT molecular complexity index is 711. The van der Waals surface area contributed by atoms with Crippen molar-refractivity contribution in [1.29, 1.82) is 0 Å². The molecule has 0 saturated carbocycles. The third kappa shape index (κ3) is 5.41. The molecular formula is C18H17BrClNO2. The molecule has 0 aliphatic heterocycles. The van der Waals surface area contributed by atoms with E-state index in [4.69, 9.17) is 16.3 Å². The van der Waals surface area contributed by atoms with Crippen molar-refractivity contribution in [2.45, 2.75) is 20.0 Å². The van der Waals surface area contributed by atoms with E-state index in [2.05, 4.69) is 21.2 Å². The van der Waals surface area contributed by atoms with Gasteiger partial charge in [0.15, 0.2) is 5.78 Å². The van der Waals surface area contributed by atoms with Crippen LogP contribution >= 0.6 is 27.5 Å². The number of anilines is 1. The summed E-state index contributed by atoms with van der Waals surface area (Å²) < 4.78 is 6.45. The second-order valence-electron chi connectivity index (χ2n) is 5.16. The fourth-order valence-electron chi connectivity index (χ4n) is 1.88. The molecule has 0 saturated heterocycles. The molecule has 0 fully saturated rings. The van der Waals surface area contributed by atoms with E-state index in [0.717, 1.165) is 15.9 Å². The Balaban J connectivity index is 1.98. The summed E-state index contributed by atoms with van der Waals surface area (Å²) >= 11 is 9.44. The first-order valence-electron chi connectivity index (χ1n) is 7.15. The van der Waals surface area contributed by atoms with Gasteiger partial charge in [0, 0.05) is 22.3 Å². The minimum atomic E-state index is -0.0955. The molecule has 3 nitrogen and oxygen atoms in total. The van der Waals surface area contributed by atoms with E-state index < -0.39 is 0 Å². The van der Waals surface area contributed by atoms with Crippen LogP contribution in [0.25, 0.3) is 0 Å². The molecule has 0 bridgehead atoms. The predicted molar refractivity (Wildman–Crippen MR) is 98.5 cm³/mol. The van der Waals surface area contributed by atoms with Crippen molar-refractivity contribution in [3.63, 3.8) is 0 Å². The predicted octanol–water partition coefficient (Wildman–Crippen LogP) is 5.70. The van der Waals surface area contributed by atoms with Gasteiger partial charge in [-0.1, -0.05) is 27.5 Å². The van der Waals surface area contributed by atoms with Crippen LogP contribution in [0.15, 0.2) is 59.2 Å². The number of allylic oxidation sites excluding steroid dienone is 1. The summed E-state index contributed by atoms with van der Waals surface area (Å²) in [6.45, 7) is 3.92. The van der Waals surface area contributed by atoms with Crippen LogP contribution in [-0.2, 0) is 0 Å². The molecule has 0 amide bonds. The van der Waals surface area contributed by atoms with E-state index >= 15 is 0 Å². The summed E-state index contributed by atoms with van der Waals surface area (Å²) in [6.07, 6.45) is 3.16. The Hall–Kier alpha value is -1.78. The molecule has 2 rings (SSSR count). The first-order chi connectivity index (χ1) is 11.0. The van der Waals surface area contributed by atoms with Gasteiger partial charge in [-0.3, -0.25) is 4.79 Å². The van der Waals surface area contributed by atoms with Gasteiger partial charge >= 0.3 is 0 Å². The van der Waals surface area contributed by atoms with E-state index in [1.165, 1.54) is 6.08 Å². The fraction of sp³-hybridized carbons (Fsp3) is 0.167. The summed E-state index contributed by atoms with van der Waals surface area (Å²) in [5.74, 6) is 0.655. The number of ketones is 1. The number of carbonyl (C=O) groups is 1. The molecule has 0 radical (unpaired) electrons. The van der Waals surface area contributed by atoms with Crippen LogP contribution in [0, 0.1) is 0 Å². The highest BCUT2D eigenvalue weighted by molar-refractivity contribution is 9.10. The minimum Gasteiger partial charge on any atom is -0.491 e. The monoisotopic (exact) mass is 393 g/mol. The highest BCUT2D eigenvalue weighted by Crippen LogP contribution is 2.25. The van der Waals surface area contributed by atoms with Crippen LogP contribution in [0.1, 0.15) is 24.2 Å². The second kappa shape index (κ2) is 8.18. The van der Waals surface area contributed by atoms with E-state index in [-0.39, 0.29) is 11.9 Å². The maximum Gasteiger partial charge on any atom is 0.187 e. The van der Waals surface area contributed by atoms with Crippen LogP contribution in [-0.4, -0.2) is 11.9 Å². The maximum atomic E-state index is 12.1. The standard InChI is InChI=1S/C18H17BrClNO2/c1-12(2)23-15-6-3-13(4-7-15)18(22)9-10-21-17-8-5-14(19)11-16(17)20/h3-12,21H,1-2H3. The van der Waals surface area contributed by atoms with Gasteiger partial charge in [0.05, 0.1) is 16.8 Å². The highest BCUT2D eigenvalue weighted by atomic mass is 79.9. The molecule has 5 heteroatoms. The molecule has 0 spiro atoms. The highest BCUT2D eigenvalue weighted by Gasteiger charge is 2.04. The Morgan fingerprint density at radius 2 is 1.91 bits per heavy atom. The SMILES string of the molecule is CC(C)Oc1ccc(C(=O)C=CNc2ccc(Br)cc2Cl)cc1. The summed E-state index contributed by atoms with van der Waals surface area (Å²) in [7, 11) is 0. The van der Waals surface area contributed by atoms with Gasteiger partial charge in [-0.2, -0.15) is 0 Å². The van der Waals surface area contributed by atoms with Crippen molar-refractivity contribution >= 4 is 39.0 Å². The largest absolute Gasteiger partial charge is 0.491 e. The zero-order valence-corrected chi connectivity index (χ0v) is 15.2. The number of ether oxygens (including phenoxy) is 1. The lowest BCUT2D eigenvalue weighted by atomic mass is 10.1. The topological polar surface area (TPSA) is 38.3 Å². The lowest BCUT2D eigenvalue weighted by Gasteiger charge is -2.09. The van der Waals surface area contributed by atoms with Crippen molar-refractivity contribution in [3.05, 3.63) is 69.8 Å². The maximum absolute atomic E-state index is 12.1. The van der Waals surface area contributed by atoms with Crippen LogP contribution in [0.4, 0.5) is 5.69 Å². The number of benzene rings is 2. The smallest absolute Gasteiger partial charge is 0.187 e. The molecule has 2 aromatic rings. The van der Waals surface area contributed by atoms with Crippen LogP contribution in [0.3, 0.4) is 0 Å². The van der Waals surface area contributed by atoms with Crippen molar-refractivity contribution < 1.29 is 9.53 Å². The average Bonchev–Trinajstić information content (AvgIpc) is 2.49. The minimum absolute atomic E-state index is 0.0955.